The number of rotatable bonds is 0. The molecule has 1 aromatic rings. The first-order valence-corrected chi connectivity index (χ1v) is 3.71. The van der Waals surface area contributed by atoms with E-state index in [1.807, 2.05) is 0 Å². The van der Waals surface area contributed by atoms with Crippen LogP contribution in [-0.2, 0) is 0 Å². The Bertz CT molecular complexity index is 387. The van der Waals surface area contributed by atoms with Crippen molar-refractivity contribution in [3.63, 3.8) is 0 Å². The lowest BCUT2D eigenvalue weighted by Gasteiger charge is -2.10. The number of fused-ring (bicyclic) bond motifs is 1. The van der Waals surface area contributed by atoms with Gasteiger partial charge in [0.2, 0.25) is 0 Å². The summed E-state index contributed by atoms with van der Waals surface area (Å²) in [7, 11) is 0. The van der Waals surface area contributed by atoms with Crippen molar-refractivity contribution in [2.45, 2.75) is 6.92 Å². The maximum atomic E-state index is 11.2. The molecule has 0 spiro atoms. The van der Waals surface area contributed by atoms with E-state index in [4.69, 9.17) is 9.15 Å². The SMILES string of the molecule is Cc1cc2c(c(=O)o1)C=CCO2. The van der Waals surface area contributed by atoms with Crippen molar-refractivity contribution in [3.8, 4) is 5.75 Å². The van der Waals surface area contributed by atoms with Crippen LogP contribution in [0.15, 0.2) is 21.4 Å². The summed E-state index contributed by atoms with van der Waals surface area (Å²) < 4.78 is 10.1. The molecule has 0 saturated heterocycles. The second kappa shape index (κ2) is 2.52. The number of hydrogen-bond acceptors (Lipinski definition) is 3. The minimum atomic E-state index is -0.332. The van der Waals surface area contributed by atoms with Gasteiger partial charge in [0, 0.05) is 6.07 Å². The average molecular weight is 164 g/mol. The molecule has 0 bridgehead atoms. The fourth-order valence-corrected chi connectivity index (χ4v) is 1.17. The third-order valence-corrected chi connectivity index (χ3v) is 1.69. The summed E-state index contributed by atoms with van der Waals surface area (Å²) in [5.74, 6) is 1.19. The lowest BCUT2D eigenvalue weighted by atomic mass is 10.2. The average Bonchev–Trinajstić information content (AvgIpc) is 2.04. The Hall–Kier alpha value is -1.51. The highest BCUT2D eigenvalue weighted by atomic mass is 16.5. The van der Waals surface area contributed by atoms with Crippen molar-refractivity contribution in [1.82, 2.24) is 0 Å². The molecule has 0 unspecified atom stereocenters. The van der Waals surface area contributed by atoms with Crippen molar-refractivity contribution in [1.29, 1.82) is 0 Å². The molecule has 0 amide bonds. The van der Waals surface area contributed by atoms with Gasteiger partial charge in [-0.1, -0.05) is 0 Å². The largest absolute Gasteiger partial charge is 0.488 e. The van der Waals surface area contributed by atoms with Gasteiger partial charge in [-0.3, -0.25) is 0 Å². The Kier molecular flexibility index (Phi) is 1.50. The molecule has 0 radical (unpaired) electrons. The van der Waals surface area contributed by atoms with E-state index in [2.05, 4.69) is 0 Å². The Morgan fingerprint density at radius 3 is 3.17 bits per heavy atom. The summed E-state index contributed by atoms with van der Waals surface area (Å²) in [6.45, 7) is 2.25. The maximum absolute atomic E-state index is 11.2. The summed E-state index contributed by atoms with van der Waals surface area (Å²) in [5, 5.41) is 0. The van der Waals surface area contributed by atoms with E-state index in [0.717, 1.165) is 0 Å². The zero-order chi connectivity index (χ0) is 8.55. The zero-order valence-corrected chi connectivity index (χ0v) is 6.66. The molecule has 0 aromatic carbocycles. The van der Waals surface area contributed by atoms with Gasteiger partial charge < -0.3 is 9.15 Å². The number of hydrogen-bond donors (Lipinski definition) is 0. The van der Waals surface area contributed by atoms with Crippen LogP contribution in [0.5, 0.6) is 5.75 Å². The first-order valence-electron chi connectivity index (χ1n) is 3.71. The van der Waals surface area contributed by atoms with Crippen molar-refractivity contribution in [2.75, 3.05) is 6.61 Å². The van der Waals surface area contributed by atoms with Crippen molar-refractivity contribution >= 4 is 6.08 Å². The van der Waals surface area contributed by atoms with Gasteiger partial charge in [-0.15, -0.1) is 0 Å². The molecule has 12 heavy (non-hydrogen) atoms. The predicted octanol–water partition coefficient (Wildman–Crippen LogP) is 1.35. The van der Waals surface area contributed by atoms with Gasteiger partial charge in [-0.2, -0.15) is 0 Å². The molecule has 1 aliphatic rings. The normalized spacial score (nSPS) is 13.8. The molecule has 0 saturated carbocycles. The van der Waals surface area contributed by atoms with Crippen LogP contribution in [0.2, 0.25) is 0 Å². The maximum Gasteiger partial charge on any atom is 0.346 e. The monoisotopic (exact) mass is 164 g/mol. The van der Waals surface area contributed by atoms with E-state index in [1.165, 1.54) is 0 Å². The third kappa shape index (κ3) is 1.03. The highest BCUT2D eigenvalue weighted by Gasteiger charge is 2.10. The second-order valence-corrected chi connectivity index (χ2v) is 2.64. The van der Waals surface area contributed by atoms with E-state index >= 15 is 0 Å². The number of ether oxygens (including phenoxy) is 1. The van der Waals surface area contributed by atoms with Crippen LogP contribution in [0, 0.1) is 6.92 Å². The molecule has 0 atom stereocenters. The van der Waals surface area contributed by atoms with E-state index in [0.29, 0.717) is 23.7 Å². The summed E-state index contributed by atoms with van der Waals surface area (Å²) in [6, 6.07) is 1.72. The summed E-state index contributed by atoms with van der Waals surface area (Å²) >= 11 is 0. The van der Waals surface area contributed by atoms with Gasteiger partial charge >= 0.3 is 5.63 Å². The zero-order valence-electron chi connectivity index (χ0n) is 6.66. The molecule has 2 heterocycles. The molecule has 0 N–H and O–H groups in total. The van der Waals surface area contributed by atoms with Gasteiger partial charge in [-0.25, -0.2) is 4.79 Å². The minimum absolute atomic E-state index is 0.332. The summed E-state index contributed by atoms with van der Waals surface area (Å²) in [6.07, 6.45) is 3.51. The molecular weight excluding hydrogens is 156 g/mol. The molecule has 62 valence electrons. The quantitative estimate of drug-likeness (QED) is 0.581. The van der Waals surface area contributed by atoms with Crippen LogP contribution in [0.1, 0.15) is 11.3 Å². The lowest BCUT2D eigenvalue weighted by molar-refractivity contribution is 0.347. The van der Waals surface area contributed by atoms with Crippen LogP contribution in [0.3, 0.4) is 0 Å². The molecule has 1 aliphatic heterocycles. The summed E-state index contributed by atoms with van der Waals surface area (Å²) in [4.78, 5) is 11.2. The molecule has 0 fully saturated rings. The van der Waals surface area contributed by atoms with E-state index in [1.54, 1.807) is 25.1 Å². The molecule has 0 aliphatic carbocycles. The molecule has 2 rings (SSSR count). The smallest absolute Gasteiger partial charge is 0.346 e. The Morgan fingerprint density at radius 1 is 1.50 bits per heavy atom. The van der Waals surface area contributed by atoms with Crippen molar-refractivity contribution < 1.29 is 9.15 Å². The Morgan fingerprint density at radius 2 is 2.33 bits per heavy atom. The lowest BCUT2D eigenvalue weighted by Crippen LogP contribution is -2.11. The van der Waals surface area contributed by atoms with E-state index in [-0.39, 0.29) is 5.63 Å². The van der Waals surface area contributed by atoms with Crippen molar-refractivity contribution in [3.05, 3.63) is 33.9 Å². The number of aryl methyl sites for hydroxylation is 1. The summed E-state index contributed by atoms with van der Waals surface area (Å²) in [5.41, 5.74) is 0.174. The highest BCUT2D eigenvalue weighted by Crippen LogP contribution is 2.20. The van der Waals surface area contributed by atoms with Crippen molar-refractivity contribution in [2.24, 2.45) is 0 Å². The molecular formula is C9H8O3. The molecule has 3 heteroatoms. The van der Waals surface area contributed by atoms with Crippen LogP contribution in [0.4, 0.5) is 0 Å². The van der Waals surface area contributed by atoms with Gasteiger partial charge in [0.15, 0.2) is 0 Å². The topological polar surface area (TPSA) is 39.4 Å². The fourth-order valence-electron chi connectivity index (χ4n) is 1.17. The third-order valence-electron chi connectivity index (χ3n) is 1.69. The van der Waals surface area contributed by atoms with Gasteiger partial charge in [0.1, 0.15) is 23.7 Å². The van der Waals surface area contributed by atoms with E-state index < -0.39 is 0 Å². The highest BCUT2D eigenvalue weighted by molar-refractivity contribution is 5.57. The van der Waals surface area contributed by atoms with Gasteiger partial charge in [0.05, 0.1) is 0 Å². The Labute approximate surface area is 69.3 Å². The molecule has 1 aromatic heterocycles. The van der Waals surface area contributed by atoms with E-state index in [9.17, 15) is 4.79 Å². The molecule has 3 nitrogen and oxygen atoms in total. The second-order valence-electron chi connectivity index (χ2n) is 2.64. The predicted molar refractivity (Wildman–Crippen MR) is 44.2 cm³/mol. The minimum Gasteiger partial charge on any atom is -0.488 e. The van der Waals surface area contributed by atoms with Crippen LogP contribution in [0.25, 0.3) is 6.08 Å². The standard InChI is InChI=1S/C9H8O3/c1-6-5-8-7(9(10)12-6)3-2-4-11-8/h2-3,5H,4H2,1H3. The van der Waals surface area contributed by atoms with Crippen LogP contribution in [-0.4, -0.2) is 6.61 Å². The Balaban J connectivity index is 2.71. The fraction of sp³-hybridized carbons (Fsp3) is 0.222. The van der Waals surface area contributed by atoms with Gasteiger partial charge in [-0.05, 0) is 19.1 Å². The van der Waals surface area contributed by atoms with Crippen LogP contribution < -0.4 is 10.4 Å². The first kappa shape index (κ1) is 7.16. The van der Waals surface area contributed by atoms with Crippen LogP contribution >= 0.6 is 0 Å². The van der Waals surface area contributed by atoms with Gasteiger partial charge in [0.25, 0.3) is 0 Å². The first-order chi connectivity index (χ1) is 5.77.